The van der Waals surface area contributed by atoms with E-state index in [1.54, 1.807) is 0 Å². The van der Waals surface area contributed by atoms with Gasteiger partial charge in [0, 0.05) is 12.4 Å². The molecule has 1 unspecified atom stereocenters. The lowest BCUT2D eigenvalue weighted by Crippen LogP contribution is -2.43. The third-order valence-electron chi connectivity index (χ3n) is 2.13. The Hall–Kier alpha value is -2.31. The molecule has 1 amide bonds. The maximum atomic E-state index is 12.2. The van der Waals surface area contributed by atoms with Gasteiger partial charge in [-0.05, 0) is 12.1 Å². The maximum Gasteiger partial charge on any atom is 0.305 e. The van der Waals surface area contributed by atoms with Crippen molar-refractivity contribution in [3.05, 3.63) is 30.1 Å². The molecule has 2 N–H and O–H groups in total. The first-order valence-electron chi connectivity index (χ1n) is 5.06. The smallest absolute Gasteiger partial charge is 0.305 e. The molecule has 0 saturated carbocycles. The zero-order chi connectivity index (χ0) is 13.5. The minimum absolute atomic E-state index is 0.166. The number of carbonyl (C=O) groups is 3. The van der Waals surface area contributed by atoms with Gasteiger partial charge >= 0.3 is 5.97 Å². The van der Waals surface area contributed by atoms with Gasteiger partial charge in [-0.15, -0.1) is 0 Å². The van der Waals surface area contributed by atoms with Crippen LogP contribution in [-0.4, -0.2) is 40.5 Å². The van der Waals surface area contributed by atoms with Gasteiger partial charge in [0.15, 0.2) is 5.78 Å². The van der Waals surface area contributed by atoms with E-state index in [0.29, 0.717) is 0 Å². The van der Waals surface area contributed by atoms with E-state index in [1.165, 1.54) is 24.5 Å². The number of carbonyl (C=O) groups excluding carboxylic acids is 2. The lowest BCUT2D eigenvalue weighted by molar-refractivity contribution is -0.139. The van der Waals surface area contributed by atoms with E-state index >= 15 is 0 Å². The van der Waals surface area contributed by atoms with Gasteiger partial charge < -0.3 is 10.4 Å². The second-order valence-corrected chi connectivity index (χ2v) is 3.47. The molecule has 0 spiro atoms. The molecule has 0 bridgehead atoms. The molecule has 0 saturated heterocycles. The highest BCUT2D eigenvalue weighted by atomic mass is 19.1. The highest BCUT2D eigenvalue weighted by Crippen LogP contribution is 2.00. The van der Waals surface area contributed by atoms with E-state index in [9.17, 15) is 18.8 Å². The predicted octanol–water partition coefficient (Wildman–Crippen LogP) is 0.193. The fourth-order valence-electron chi connectivity index (χ4n) is 1.25. The van der Waals surface area contributed by atoms with E-state index in [4.69, 9.17) is 5.11 Å². The monoisotopic (exact) mass is 254 g/mol. The fourth-order valence-corrected chi connectivity index (χ4v) is 1.25. The summed E-state index contributed by atoms with van der Waals surface area (Å²) < 4.78 is 12.2. The number of amides is 1. The summed E-state index contributed by atoms with van der Waals surface area (Å²) in [4.78, 5) is 37.0. The van der Waals surface area contributed by atoms with Gasteiger partial charge in [0.05, 0.1) is 12.0 Å². The number of carboxylic acid groups (broad SMARTS) is 1. The minimum atomic E-state index is -1.37. The fraction of sp³-hybridized carbons (Fsp3) is 0.273. The Bertz CT molecular complexity index is 450. The molecule has 0 aromatic carbocycles. The van der Waals surface area contributed by atoms with Gasteiger partial charge in [-0.25, -0.2) is 4.39 Å². The Morgan fingerprint density at radius 3 is 2.67 bits per heavy atom. The molecular formula is C11H11FN2O4. The van der Waals surface area contributed by atoms with Crippen LogP contribution in [0, 0.1) is 0 Å². The molecule has 96 valence electrons. The molecule has 0 aliphatic rings. The van der Waals surface area contributed by atoms with Crippen molar-refractivity contribution >= 4 is 17.7 Å². The summed E-state index contributed by atoms with van der Waals surface area (Å²) in [6.07, 6.45) is 2.06. The number of carboxylic acids is 1. The molecule has 0 fully saturated rings. The van der Waals surface area contributed by atoms with Crippen LogP contribution >= 0.6 is 0 Å². The Morgan fingerprint density at radius 1 is 1.44 bits per heavy atom. The molecule has 1 rings (SSSR count). The predicted molar refractivity (Wildman–Crippen MR) is 58.7 cm³/mol. The highest BCUT2D eigenvalue weighted by Gasteiger charge is 2.23. The molecule has 0 aliphatic carbocycles. The average molecular weight is 254 g/mol. The minimum Gasteiger partial charge on any atom is -0.481 e. The van der Waals surface area contributed by atoms with Crippen molar-refractivity contribution < 1.29 is 23.9 Å². The number of nitrogens with one attached hydrogen (secondary N) is 1. The SMILES string of the molecule is O=C(O)CC(NC(=O)c1cccnc1)C(=O)CF. The van der Waals surface area contributed by atoms with Gasteiger partial charge in [0.25, 0.3) is 5.91 Å². The number of aliphatic carboxylic acids is 1. The Morgan fingerprint density at radius 2 is 2.17 bits per heavy atom. The second-order valence-electron chi connectivity index (χ2n) is 3.47. The molecule has 0 radical (unpaired) electrons. The van der Waals surface area contributed by atoms with E-state index in [-0.39, 0.29) is 5.56 Å². The number of hydrogen-bond acceptors (Lipinski definition) is 4. The molecule has 6 nitrogen and oxygen atoms in total. The zero-order valence-corrected chi connectivity index (χ0v) is 9.30. The van der Waals surface area contributed by atoms with Crippen LogP contribution < -0.4 is 5.32 Å². The van der Waals surface area contributed by atoms with Crippen LogP contribution in [0.1, 0.15) is 16.8 Å². The third-order valence-corrected chi connectivity index (χ3v) is 2.13. The lowest BCUT2D eigenvalue weighted by atomic mass is 10.1. The maximum absolute atomic E-state index is 12.2. The molecule has 0 aliphatic heterocycles. The van der Waals surface area contributed by atoms with E-state index in [2.05, 4.69) is 10.3 Å². The van der Waals surface area contributed by atoms with Crippen LogP contribution in [-0.2, 0) is 9.59 Å². The summed E-state index contributed by atoms with van der Waals surface area (Å²) in [6.45, 7) is -1.33. The van der Waals surface area contributed by atoms with Crippen molar-refractivity contribution in [1.29, 1.82) is 0 Å². The summed E-state index contributed by atoms with van der Waals surface area (Å²) in [5.41, 5.74) is 0.166. The molecule has 18 heavy (non-hydrogen) atoms. The average Bonchev–Trinajstić information content (AvgIpc) is 2.37. The molecule has 1 aromatic rings. The first-order chi connectivity index (χ1) is 8.54. The summed E-state index contributed by atoms with van der Waals surface area (Å²) in [5.74, 6) is -2.95. The van der Waals surface area contributed by atoms with Gasteiger partial charge in [-0.1, -0.05) is 0 Å². The van der Waals surface area contributed by atoms with E-state index < -0.39 is 36.8 Å². The number of alkyl halides is 1. The topological polar surface area (TPSA) is 96.4 Å². The van der Waals surface area contributed by atoms with Crippen molar-refractivity contribution in [2.75, 3.05) is 6.67 Å². The number of hydrogen-bond donors (Lipinski definition) is 2. The Kier molecular flexibility index (Phi) is 4.91. The first-order valence-corrected chi connectivity index (χ1v) is 5.06. The van der Waals surface area contributed by atoms with Gasteiger partial charge in [-0.2, -0.15) is 0 Å². The molecule has 1 heterocycles. The van der Waals surface area contributed by atoms with Crippen molar-refractivity contribution in [2.24, 2.45) is 0 Å². The summed E-state index contributed by atoms with van der Waals surface area (Å²) in [7, 11) is 0. The quantitative estimate of drug-likeness (QED) is 0.755. The molecular weight excluding hydrogens is 243 g/mol. The number of halogens is 1. The lowest BCUT2D eigenvalue weighted by Gasteiger charge is -2.13. The standard InChI is InChI=1S/C11H11FN2O4/c12-5-9(15)8(4-10(16)17)14-11(18)7-2-1-3-13-6-7/h1-3,6,8H,4-5H2,(H,14,18)(H,16,17). The van der Waals surface area contributed by atoms with Gasteiger partial charge in [0.2, 0.25) is 0 Å². The first kappa shape index (κ1) is 13.8. The number of pyridine rings is 1. The number of rotatable bonds is 6. The van der Waals surface area contributed by atoms with Crippen LogP contribution in [0.5, 0.6) is 0 Å². The third kappa shape index (κ3) is 3.93. The summed E-state index contributed by atoms with van der Waals surface area (Å²) >= 11 is 0. The van der Waals surface area contributed by atoms with E-state index in [0.717, 1.165) is 0 Å². The number of aromatic nitrogens is 1. The Labute approximate surface area is 102 Å². The van der Waals surface area contributed by atoms with Crippen molar-refractivity contribution in [1.82, 2.24) is 10.3 Å². The second kappa shape index (κ2) is 6.43. The largest absolute Gasteiger partial charge is 0.481 e. The van der Waals surface area contributed by atoms with Crippen LogP contribution in [0.4, 0.5) is 4.39 Å². The van der Waals surface area contributed by atoms with Crippen LogP contribution in [0.15, 0.2) is 24.5 Å². The molecule has 1 aromatic heterocycles. The normalized spacial score (nSPS) is 11.6. The van der Waals surface area contributed by atoms with Crippen molar-refractivity contribution in [3.8, 4) is 0 Å². The van der Waals surface area contributed by atoms with Gasteiger partial charge in [-0.3, -0.25) is 19.4 Å². The van der Waals surface area contributed by atoms with Crippen molar-refractivity contribution in [3.63, 3.8) is 0 Å². The summed E-state index contributed by atoms with van der Waals surface area (Å²) in [5, 5.41) is 10.7. The molecule has 7 heteroatoms. The Balaban J connectivity index is 2.74. The zero-order valence-electron chi connectivity index (χ0n) is 9.30. The van der Waals surface area contributed by atoms with Crippen LogP contribution in [0.25, 0.3) is 0 Å². The highest BCUT2D eigenvalue weighted by molar-refractivity contribution is 5.99. The van der Waals surface area contributed by atoms with Gasteiger partial charge in [0.1, 0.15) is 12.7 Å². The summed E-state index contributed by atoms with van der Waals surface area (Å²) in [6, 6.07) is 1.58. The van der Waals surface area contributed by atoms with E-state index in [1.807, 2.05) is 0 Å². The van der Waals surface area contributed by atoms with Crippen LogP contribution in [0.2, 0.25) is 0 Å². The van der Waals surface area contributed by atoms with Crippen molar-refractivity contribution in [2.45, 2.75) is 12.5 Å². The molecule has 1 atom stereocenters. The number of Topliss-reactive ketones (excluding diaryl/α,β-unsaturated/α-hetero) is 1. The number of nitrogens with zero attached hydrogens (tertiary/aromatic N) is 1. The van der Waals surface area contributed by atoms with Crippen LogP contribution in [0.3, 0.4) is 0 Å². The number of ketones is 1.